The number of aromatic nitrogens is 2. The minimum absolute atomic E-state index is 0.0418. The van der Waals surface area contributed by atoms with E-state index < -0.39 is 41.6 Å². The van der Waals surface area contributed by atoms with Gasteiger partial charge in [0, 0.05) is 24.0 Å². The lowest BCUT2D eigenvalue weighted by atomic mass is 10.0. The summed E-state index contributed by atoms with van der Waals surface area (Å²) in [6.07, 6.45) is 0.190. The van der Waals surface area contributed by atoms with Gasteiger partial charge in [-0.25, -0.2) is 9.48 Å². The number of nitrogens with zero attached hydrogens (tertiary/aromatic N) is 2. The van der Waals surface area contributed by atoms with E-state index in [-0.39, 0.29) is 19.4 Å². The van der Waals surface area contributed by atoms with E-state index in [1.165, 1.54) is 0 Å². The second-order valence-corrected chi connectivity index (χ2v) is 11.4. The molecule has 0 radical (unpaired) electrons. The first-order chi connectivity index (χ1) is 21.1. The predicted octanol–water partition coefficient (Wildman–Crippen LogP) is 4.85. The number of rotatable bonds is 12. The average molecular weight is 596 g/mol. The van der Waals surface area contributed by atoms with Gasteiger partial charge in [-0.1, -0.05) is 91.0 Å². The van der Waals surface area contributed by atoms with Crippen molar-refractivity contribution in [3.8, 4) is 11.3 Å². The largest absolute Gasteiger partial charge is 0.461 e. The van der Waals surface area contributed by atoms with Crippen LogP contribution >= 0.6 is 0 Å². The van der Waals surface area contributed by atoms with Crippen LogP contribution in [0.15, 0.2) is 102 Å². The fraction of sp³-hybridized carbons (Fsp3) is 0.286. The summed E-state index contributed by atoms with van der Waals surface area (Å²) < 4.78 is 11.9. The Hall–Kier alpha value is -5.05. The molecule has 1 atom stereocenters. The van der Waals surface area contributed by atoms with Crippen molar-refractivity contribution in [1.29, 1.82) is 0 Å². The molecule has 0 aliphatic carbocycles. The minimum atomic E-state index is -1.14. The topological polar surface area (TPSA) is 117 Å². The van der Waals surface area contributed by atoms with Crippen LogP contribution in [0.5, 0.6) is 0 Å². The number of amides is 1. The summed E-state index contributed by atoms with van der Waals surface area (Å²) >= 11 is 0. The summed E-state index contributed by atoms with van der Waals surface area (Å²) in [5, 5.41) is 7.13. The molecule has 228 valence electrons. The van der Waals surface area contributed by atoms with Gasteiger partial charge in [0.25, 0.3) is 5.56 Å². The fourth-order valence-electron chi connectivity index (χ4n) is 4.47. The number of carbonyl (C=O) groups is 3. The molecule has 0 aliphatic heterocycles. The van der Waals surface area contributed by atoms with Gasteiger partial charge in [-0.3, -0.25) is 14.4 Å². The summed E-state index contributed by atoms with van der Waals surface area (Å²) in [5.41, 5.74) is 2.34. The van der Waals surface area contributed by atoms with E-state index in [0.717, 1.165) is 21.4 Å². The molecule has 44 heavy (non-hydrogen) atoms. The van der Waals surface area contributed by atoms with E-state index in [0.29, 0.717) is 17.7 Å². The summed E-state index contributed by atoms with van der Waals surface area (Å²) in [6.45, 7) is 4.81. The van der Waals surface area contributed by atoms with E-state index in [2.05, 4.69) is 10.4 Å². The van der Waals surface area contributed by atoms with Gasteiger partial charge in [-0.05, 0) is 44.4 Å². The molecule has 0 aliphatic rings. The Balaban J connectivity index is 1.51. The molecule has 0 fully saturated rings. The first kappa shape index (κ1) is 31.9. The molecule has 0 unspecified atom stereocenters. The van der Waals surface area contributed by atoms with E-state index in [9.17, 15) is 19.2 Å². The highest BCUT2D eigenvalue weighted by molar-refractivity contribution is 5.85. The standard InChI is InChI=1S/C35H37N3O6/c1-35(2,3)44-34(42)29(19-20-32(40)43-24-26-15-9-5-10-16-26)36-31(39)23-38-33(41)28(21-25-13-7-4-8-14-25)22-30(37-38)27-17-11-6-12-18-27/h4-18,22,29H,19-21,23-24H2,1-3H3,(H,36,39)/t29-/m0/s1. The zero-order valence-electron chi connectivity index (χ0n) is 25.2. The number of esters is 2. The van der Waals surface area contributed by atoms with Crippen LogP contribution in [0.1, 0.15) is 50.3 Å². The van der Waals surface area contributed by atoms with Gasteiger partial charge in [0.15, 0.2) is 0 Å². The Morgan fingerprint density at radius 1 is 0.864 bits per heavy atom. The van der Waals surface area contributed by atoms with Crippen LogP contribution in [0, 0.1) is 0 Å². The summed E-state index contributed by atoms with van der Waals surface area (Å²) in [4.78, 5) is 52.3. The first-order valence-corrected chi connectivity index (χ1v) is 14.5. The highest BCUT2D eigenvalue weighted by Crippen LogP contribution is 2.18. The molecule has 1 N–H and O–H groups in total. The zero-order valence-corrected chi connectivity index (χ0v) is 25.2. The van der Waals surface area contributed by atoms with Crippen molar-refractivity contribution in [2.45, 2.75) is 64.8 Å². The van der Waals surface area contributed by atoms with Crippen molar-refractivity contribution in [2.75, 3.05) is 0 Å². The molecule has 0 bridgehead atoms. The number of nitrogens with one attached hydrogen (secondary N) is 1. The molecule has 1 amide bonds. The van der Waals surface area contributed by atoms with Crippen molar-refractivity contribution in [3.05, 3.63) is 124 Å². The van der Waals surface area contributed by atoms with Crippen LogP contribution in [0.4, 0.5) is 0 Å². The first-order valence-electron chi connectivity index (χ1n) is 14.5. The van der Waals surface area contributed by atoms with Crippen LogP contribution in [0.2, 0.25) is 0 Å². The molecule has 4 rings (SSSR count). The highest BCUT2D eigenvalue weighted by atomic mass is 16.6. The molecule has 9 heteroatoms. The van der Waals surface area contributed by atoms with Gasteiger partial charge < -0.3 is 14.8 Å². The average Bonchev–Trinajstić information content (AvgIpc) is 3.00. The van der Waals surface area contributed by atoms with Gasteiger partial charge in [0.1, 0.15) is 24.8 Å². The van der Waals surface area contributed by atoms with Crippen LogP contribution in [0.3, 0.4) is 0 Å². The molecule has 4 aromatic rings. The maximum absolute atomic E-state index is 13.5. The summed E-state index contributed by atoms with van der Waals surface area (Å²) in [5.74, 6) is -1.83. The lowest BCUT2D eigenvalue weighted by Gasteiger charge is -2.24. The summed E-state index contributed by atoms with van der Waals surface area (Å²) in [7, 11) is 0. The SMILES string of the molecule is CC(C)(C)OC(=O)[C@H](CCC(=O)OCc1ccccc1)NC(=O)Cn1nc(-c2ccccc2)cc(Cc2ccccc2)c1=O. The maximum atomic E-state index is 13.5. The predicted molar refractivity (Wildman–Crippen MR) is 166 cm³/mol. The van der Waals surface area contributed by atoms with E-state index in [1.54, 1.807) is 26.8 Å². The second kappa shape index (κ2) is 14.9. The van der Waals surface area contributed by atoms with Crippen LogP contribution < -0.4 is 10.9 Å². The van der Waals surface area contributed by atoms with Gasteiger partial charge in [0.2, 0.25) is 5.91 Å². The summed E-state index contributed by atoms with van der Waals surface area (Å²) in [6, 6.07) is 28.7. The molecular formula is C35H37N3O6. The van der Waals surface area contributed by atoms with Gasteiger partial charge >= 0.3 is 11.9 Å². The van der Waals surface area contributed by atoms with E-state index in [4.69, 9.17) is 9.47 Å². The third-order valence-electron chi connectivity index (χ3n) is 6.56. The quantitative estimate of drug-likeness (QED) is 0.233. The Labute approximate surface area is 256 Å². The van der Waals surface area contributed by atoms with Gasteiger partial charge in [-0.2, -0.15) is 5.10 Å². The Kier molecular flexibility index (Phi) is 10.8. The third kappa shape index (κ3) is 9.76. The Bertz CT molecular complexity index is 1610. The van der Waals surface area contributed by atoms with Crippen molar-refractivity contribution < 1.29 is 23.9 Å². The van der Waals surface area contributed by atoms with Crippen molar-refractivity contribution in [2.24, 2.45) is 0 Å². The van der Waals surface area contributed by atoms with Crippen molar-refractivity contribution in [1.82, 2.24) is 15.1 Å². The van der Waals surface area contributed by atoms with Gasteiger partial charge in [0.05, 0.1) is 5.69 Å². The van der Waals surface area contributed by atoms with Crippen molar-refractivity contribution >= 4 is 17.8 Å². The highest BCUT2D eigenvalue weighted by Gasteiger charge is 2.28. The minimum Gasteiger partial charge on any atom is -0.461 e. The molecular weight excluding hydrogens is 558 g/mol. The number of hydrogen-bond acceptors (Lipinski definition) is 7. The smallest absolute Gasteiger partial charge is 0.329 e. The molecule has 9 nitrogen and oxygen atoms in total. The number of carbonyl (C=O) groups excluding carboxylic acids is 3. The third-order valence-corrected chi connectivity index (χ3v) is 6.56. The number of benzene rings is 3. The Morgan fingerprint density at radius 2 is 1.45 bits per heavy atom. The normalized spacial score (nSPS) is 11.8. The van der Waals surface area contributed by atoms with E-state index >= 15 is 0 Å². The molecule has 0 saturated carbocycles. The van der Waals surface area contributed by atoms with E-state index in [1.807, 2.05) is 91.0 Å². The molecule has 0 spiro atoms. The molecule has 0 saturated heterocycles. The molecule has 1 heterocycles. The Morgan fingerprint density at radius 3 is 2.07 bits per heavy atom. The van der Waals surface area contributed by atoms with Gasteiger partial charge in [-0.15, -0.1) is 0 Å². The lowest BCUT2D eigenvalue weighted by molar-refractivity contribution is -0.159. The number of hydrogen-bond donors (Lipinski definition) is 1. The van der Waals surface area contributed by atoms with Crippen LogP contribution in [-0.4, -0.2) is 39.3 Å². The van der Waals surface area contributed by atoms with Crippen molar-refractivity contribution in [3.63, 3.8) is 0 Å². The van der Waals surface area contributed by atoms with Crippen LogP contribution in [0.25, 0.3) is 11.3 Å². The molecule has 3 aromatic carbocycles. The molecule has 1 aromatic heterocycles. The second-order valence-electron chi connectivity index (χ2n) is 11.4. The monoisotopic (exact) mass is 595 g/mol. The lowest BCUT2D eigenvalue weighted by Crippen LogP contribution is -2.46. The van der Waals surface area contributed by atoms with Crippen LogP contribution in [-0.2, 0) is 43.4 Å². The zero-order chi connectivity index (χ0) is 31.5. The maximum Gasteiger partial charge on any atom is 0.329 e. The fourth-order valence-corrected chi connectivity index (χ4v) is 4.47. The number of ether oxygens (including phenoxy) is 2.